The number of likely N-dealkylation sites (N-methyl/N-ethyl adjacent to an activating group) is 1. The van der Waals surface area contributed by atoms with Crippen LogP contribution in [-0.4, -0.2) is 69.4 Å². The second-order valence-corrected chi connectivity index (χ2v) is 16.0. The number of hydrogen-bond acceptors (Lipinski definition) is 5. The molecule has 0 saturated heterocycles. The van der Waals surface area contributed by atoms with Gasteiger partial charge in [-0.05, 0) is 53.9 Å². The molecule has 3 aromatic rings. The number of amides is 2. The van der Waals surface area contributed by atoms with Gasteiger partial charge in [-0.3, -0.25) is 9.59 Å². The van der Waals surface area contributed by atoms with Gasteiger partial charge in [-0.2, -0.15) is 0 Å². The van der Waals surface area contributed by atoms with Crippen LogP contribution in [0.2, 0.25) is 19.6 Å². The maximum atomic E-state index is 13.1. The van der Waals surface area contributed by atoms with Gasteiger partial charge in [0.15, 0.2) is 0 Å². The van der Waals surface area contributed by atoms with E-state index in [4.69, 9.17) is 9.16 Å². The predicted molar refractivity (Wildman–Crippen MR) is 163 cm³/mol. The predicted octanol–water partition coefficient (Wildman–Crippen LogP) is 6.10. The Labute approximate surface area is 244 Å². The van der Waals surface area contributed by atoms with Crippen molar-refractivity contribution in [3.05, 3.63) is 95.6 Å². The summed E-state index contributed by atoms with van der Waals surface area (Å²) in [5, 5.41) is 0. The highest BCUT2D eigenvalue weighted by atomic mass is 28.4. The number of benzene rings is 3. The number of hydrogen-bond donors (Lipinski definition) is 0. The summed E-state index contributed by atoms with van der Waals surface area (Å²) in [4.78, 5) is 42.0. The van der Waals surface area contributed by atoms with Gasteiger partial charge in [0.1, 0.15) is 12.6 Å². The first kappa shape index (κ1) is 30.1. The van der Waals surface area contributed by atoms with Gasteiger partial charge in [0.2, 0.25) is 14.2 Å². The van der Waals surface area contributed by atoms with Crippen molar-refractivity contribution in [1.82, 2.24) is 9.80 Å². The number of nitrogens with zero attached hydrogens (tertiary/aromatic N) is 2. The molecule has 0 fully saturated rings. The second-order valence-electron chi connectivity index (χ2n) is 11.6. The molecular formula is C33H40N2O5Si. The molecule has 1 aliphatic carbocycles. The lowest BCUT2D eigenvalue weighted by molar-refractivity contribution is -0.147. The summed E-state index contributed by atoms with van der Waals surface area (Å²) in [6.45, 7) is 6.46. The Morgan fingerprint density at radius 3 is 1.98 bits per heavy atom. The first-order valence-electron chi connectivity index (χ1n) is 14.1. The van der Waals surface area contributed by atoms with Crippen LogP contribution in [0.3, 0.4) is 0 Å². The molecule has 0 heterocycles. The Kier molecular flexibility index (Phi) is 9.65. The van der Waals surface area contributed by atoms with E-state index >= 15 is 0 Å². The van der Waals surface area contributed by atoms with Crippen molar-refractivity contribution in [2.75, 3.05) is 27.2 Å². The molecule has 41 heavy (non-hydrogen) atoms. The molecular weight excluding hydrogens is 532 g/mol. The summed E-state index contributed by atoms with van der Waals surface area (Å²) >= 11 is 0. The van der Waals surface area contributed by atoms with Crippen LogP contribution in [0.5, 0.6) is 0 Å². The number of ether oxygens (including phenoxy) is 1. The van der Waals surface area contributed by atoms with Crippen molar-refractivity contribution in [3.8, 4) is 11.1 Å². The molecule has 0 aliphatic heterocycles. The van der Waals surface area contributed by atoms with Crippen LogP contribution in [0.1, 0.15) is 35.4 Å². The van der Waals surface area contributed by atoms with Gasteiger partial charge in [-0.25, -0.2) is 4.79 Å². The minimum absolute atomic E-state index is 0.00700. The van der Waals surface area contributed by atoms with Gasteiger partial charge >= 0.3 is 12.1 Å². The van der Waals surface area contributed by atoms with Gasteiger partial charge in [0, 0.05) is 39.4 Å². The lowest BCUT2D eigenvalue weighted by Gasteiger charge is -2.30. The van der Waals surface area contributed by atoms with E-state index < -0.39 is 20.5 Å². The molecule has 7 nitrogen and oxygen atoms in total. The average Bonchev–Trinajstić information content (AvgIpc) is 3.27. The van der Waals surface area contributed by atoms with E-state index in [1.54, 1.807) is 14.1 Å². The highest BCUT2D eigenvalue weighted by molar-refractivity contribution is 6.71. The number of rotatable bonds is 11. The molecule has 0 N–H and O–H groups in total. The second kappa shape index (κ2) is 13.2. The quantitative estimate of drug-likeness (QED) is 0.260. The summed E-state index contributed by atoms with van der Waals surface area (Å²) in [6.07, 6.45) is 0.605. The van der Waals surface area contributed by atoms with Crippen LogP contribution in [0, 0.1) is 0 Å². The molecule has 0 unspecified atom stereocenters. The van der Waals surface area contributed by atoms with E-state index in [9.17, 15) is 14.4 Å². The normalized spacial score (nSPS) is 13.1. The lowest BCUT2D eigenvalue weighted by Crippen LogP contribution is -2.47. The highest BCUT2D eigenvalue weighted by Gasteiger charge is 2.32. The molecule has 0 spiro atoms. The van der Waals surface area contributed by atoms with Crippen LogP contribution >= 0.6 is 0 Å². The standard InChI is InChI=1S/C33H40N2O5Si/c1-34(33(38)39-23-29-27-18-11-9-16-25(27)26-17-10-12-19-28(26)29)21-13-20-31(36)35(2)30(32(37)40-41(3,4)5)22-24-14-7-6-8-15-24/h6-12,14-19,29-30H,13,20-23H2,1-5H3/t30-/m0/s1. The third kappa shape index (κ3) is 7.64. The zero-order valence-electron chi connectivity index (χ0n) is 24.6. The lowest BCUT2D eigenvalue weighted by atomic mass is 9.98. The maximum absolute atomic E-state index is 13.1. The van der Waals surface area contributed by atoms with E-state index in [-0.39, 0.29) is 30.8 Å². The Morgan fingerprint density at radius 1 is 0.829 bits per heavy atom. The zero-order valence-corrected chi connectivity index (χ0v) is 25.6. The minimum Gasteiger partial charge on any atom is -0.518 e. The summed E-state index contributed by atoms with van der Waals surface area (Å²) in [5.74, 6) is -0.550. The van der Waals surface area contributed by atoms with Crippen LogP contribution in [0.4, 0.5) is 4.79 Å². The molecule has 3 aromatic carbocycles. The summed E-state index contributed by atoms with van der Waals surface area (Å²) in [6, 6.07) is 25.4. The molecule has 0 saturated carbocycles. The molecule has 0 bridgehead atoms. The fourth-order valence-corrected chi connectivity index (χ4v) is 5.94. The Balaban J connectivity index is 1.30. The van der Waals surface area contributed by atoms with E-state index in [1.165, 1.54) is 20.9 Å². The van der Waals surface area contributed by atoms with E-state index in [0.717, 1.165) is 16.7 Å². The van der Waals surface area contributed by atoms with Gasteiger partial charge in [0.05, 0.1) is 0 Å². The van der Waals surface area contributed by atoms with Gasteiger partial charge in [0.25, 0.3) is 0 Å². The van der Waals surface area contributed by atoms with E-state index in [1.807, 2.05) is 74.2 Å². The fourth-order valence-electron chi connectivity index (χ4n) is 5.20. The minimum atomic E-state index is -2.14. The number of carbonyl (C=O) groups excluding carboxylic acids is 3. The first-order valence-corrected chi connectivity index (χ1v) is 17.5. The molecule has 0 radical (unpaired) electrons. The summed E-state index contributed by atoms with van der Waals surface area (Å²) in [5.41, 5.74) is 5.64. The smallest absolute Gasteiger partial charge is 0.409 e. The van der Waals surface area contributed by atoms with E-state index in [0.29, 0.717) is 19.4 Å². The van der Waals surface area contributed by atoms with Crippen molar-refractivity contribution in [2.45, 2.75) is 50.9 Å². The van der Waals surface area contributed by atoms with Crippen LogP contribution in [-0.2, 0) is 25.2 Å². The summed E-state index contributed by atoms with van der Waals surface area (Å²) < 4.78 is 11.5. The highest BCUT2D eigenvalue weighted by Crippen LogP contribution is 2.44. The molecule has 4 rings (SSSR count). The Morgan fingerprint density at radius 2 is 1.39 bits per heavy atom. The van der Waals surface area contributed by atoms with Crippen molar-refractivity contribution in [1.29, 1.82) is 0 Å². The largest absolute Gasteiger partial charge is 0.518 e. The average molecular weight is 573 g/mol. The number of fused-ring (bicyclic) bond motifs is 3. The first-order chi connectivity index (χ1) is 19.5. The number of carbonyl (C=O) groups is 3. The van der Waals surface area contributed by atoms with E-state index in [2.05, 4.69) is 24.3 Å². The van der Waals surface area contributed by atoms with Gasteiger partial charge < -0.3 is 19.0 Å². The summed E-state index contributed by atoms with van der Waals surface area (Å²) in [7, 11) is 1.19. The van der Waals surface area contributed by atoms with Crippen LogP contribution in [0.25, 0.3) is 11.1 Å². The zero-order chi connectivity index (χ0) is 29.6. The Bertz CT molecular complexity index is 1330. The fraction of sp³-hybridized carbons (Fsp3) is 0.364. The van der Waals surface area contributed by atoms with Crippen LogP contribution < -0.4 is 0 Å². The van der Waals surface area contributed by atoms with Crippen molar-refractivity contribution in [2.24, 2.45) is 0 Å². The van der Waals surface area contributed by atoms with Crippen molar-refractivity contribution >= 4 is 26.3 Å². The molecule has 1 aliphatic rings. The topological polar surface area (TPSA) is 76.2 Å². The van der Waals surface area contributed by atoms with Gasteiger partial charge in [-0.1, -0.05) is 78.9 Å². The Hall–Kier alpha value is -3.91. The molecule has 216 valence electrons. The monoisotopic (exact) mass is 572 g/mol. The molecule has 2 amide bonds. The van der Waals surface area contributed by atoms with Crippen LogP contribution in [0.15, 0.2) is 78.9 Å². The third-order valence-corrected chi connectivity index (χ3v) is 8.16. The SMILES string of the molecule is CN(CCCC(=O)N(C)[C@@H](Cc1ccccc1)C(=O)O[Si](C)(C)C)C(=O)OCC1c2ccccc2-c2ccccc21. The van der Waals surface area contributed by atoms with Crippen molar-refractivity contribution < 1.29 is 23.5 Å². The molecule has 1 atom stereocenters. The molecule has 8 heteroatoms. The third-order valence-electron chi connectivity index (χ3n) is 7.34. The van der Waals surface area contributed by atoms with Crippen molar-refractivity contribution in [3.63, 3.8) is 0 Å². The van der Waals surface area contributed by atoms with Gasteiger partial charge in [-0.15, -0.1) is 0 Å². The maximum Gasteiger partial charge on any atom is 0.409 e. The molecule has 0 aromatic heterocycles.